The Hall–Kier alpha value is -0.830. The van der Waals surface area contributed by atoms with Crippen LogP contribution in [0.5, 0.6) is 0 Å². The number of carbonyl (C=O) groups excluding carboxylic acids is 1. The number of thioether (sulfide) groups is 1. The van der Waals surface area contributed by atoms with Gasteiger partial charge < -0.3 is 0 Å². The number of aldehydes is 1. The second-order valence-electron chi connectivity index (χ2n) is 2.75. The number of pyridine rings is 1. The summed E-state index contributed by atoms with van der Waals surface area (Å²) >= 11 is 1.74. The quantitative estimate of drug-likeness (QED) is 0.411. The van der Waals surface area contributed by atoms with Gasteiger partial charge in [0.05, 0.1) is 5.03 Å². The zero-order chi connectivity index (χ0) is 9.52. The van der Waals surface area contributed by atoms with Crippen LogP contribution in [0.2, 0.25) is 0 Å². The Bertz CT molecular complexity index is 258. The molecule has 0 saturated heterocycles. The molecule has 0 bridgehead atoms. The van der Waals surface area contributed by atoms with Crippen LogP contribution in [-0.2, 0) is 0 Å². The van der Waals surface area contributed by atoms with E-state index >= 15 is 0 Å². The van der Waals surface area contributed by atoms with Crippen LogP contribution in [0.1, 0.15) is 30.1 Å². The first-order chi connectivity index (χ1) is 6.36. The second kappa shape index (κ2) is 5.75. The summed E-state index contributed by atoms with van der Waals surface area (Å²) in [6.07, 6.45) is 4.84. The van der Waals surface area contributed by atoms with Gasteiger partial charge >= 0.3 is 0 Å². The van der Waals surface area contributed by atoms with Crippen molar-refractivity contribution in [3.8, 4) is 0 Å². The van der Waals surface area contributed by atoms with E-state index in [0.29, 0.717) is 5.56 Å². The van der Waals surface area contributed by atoms with Gasteiger partial charge in [0.15, 0.2) is 6.29 Å². The van der Waals surface area contributed by atoms with Gasteiger partial charge in [0.1, 0.15) is 0 Å². The largest absolute Gasteiger partial charge is 0.298 e. The molecule has 0 N–H and O–H groups in total. The summed E-state index contributed by atoms with van der Waals surface area (Å²) in [5.74, 6) is 1.10. The molecule has 0 saturated carbocycles. The molecule has 1 aromatic heterocycles. The van der Waals surface area contributed by atoms with E-state index in [4.69, 9.17) is 0 Å². The van der Waals surface area contributed by atoms with Crippen molar-refractivity contribution in [2.75, 3.05) is 5.75 Å². The summed E-state index contributed by atoms with van der Waals surface area (Å²) < 4.78 is 0. The zero-order valence-corrected chi connectivity index (χ0v) is 8.51. The molecule has 0 aromatic carbocycles. The van der Waals surface area contributed by atoms with Crippen LogP contribution >= 0.6 is 11.8 Å². The Balaban J connectivity index is 2.44. The minimum Gasteiger partial charge on any atom is -0.298 e. The average Bonchev–Trinajstić information content (AvgIpc) is 2.19. The highest BCUT2D eigenvalue weighted by atomic mass is 32.2. The fourth-order valence-corrected chi connectivity index (χ4v) is 1.80. The van der Waals surface area contributed by atoms with Gasteiger partial charge in [-0.25, -0.2) is 4.98 Å². The lowest BCUT2D eigenvalue weighted by Crippen LogP contribution is -1.85. The molecule has 3 heteroatoms. The maximum Gasteiger partial charge on any atom is 0.151 e. The van der Waals surface area contributed by atoms with Crippen molar-refractivity contribution >= 4 is 18.0 Å². The highest BCUT2D eigenvalue weighted by Gasteiger charge is 1.95. The van der Waals surface area contributed by atoms with Crippen molar-refractivity contribution < 1.29 is 4.79 Å². The van der Waals surface area contributed by atoms with Crippen molar-refractivity contribution in [1.29, 1.82) is 0 Å². The van der Waals surface area contributed by atoms with Crippen molar-refractivity contribution in [3.63, 3.8) is 0 Å². The first-order valence-electron chi connectivity index (χ1n) is 4.41. The van der Waals surface area contributed by atoms with Crippen LogP contribution in [0.25, 0.3) is 0 Å². The third-order valence-electron chi connectivity index (χ3n) is 1.64. The van der Waals surface area contributed by atoms with Gasteiger partial charge in [-0.1, -0.05) is 13.3 Å². The highest BCUT2D eigenvalue weighted by molar-refractivity contribution is 7.99. The molecule has 0 fully saturated rings. The fraction of sp³-hybridized carbons (Fsp3) is 0.400. The topological polar surface area (TPSA) is 30.0 Å². The number of nitrogens with zero attached hydrogens (tertiary/aromatic N) is 1. The van der Waals surface area contributed by atoms with Crippen LogP contribution in [0.3, 0.4) is 0 Å². The van der Waals surface area contributed by atoms with E-state index in [-0.39, 0.29) is 0 Å². The van der Waals surface area contributed by atoms with Gasteiger partial charge in [0, 0.05) is 11.8 Å². The van der Waals surface area contributed by atoms with Crippen LogP contribution in [-0.4, -0.2) is 17.0 Å². The molecule has 1 rings (SSSR count). The van der Waals surface area contributed by atoms with E-state index in [1.54, 1.807) is 24.0 Å². The van der Waals surface area contributed by atoms with E-state index < -0.39 is 0 Å². The molecular formula is C10H13NOS. The van der Waals surface area contributed by atoms with Crippen molar-refractivity contribution in [2.24, 2.45) is 0 Å². The number of aromatic nitrogens is 1. The third kappa shape index (κ3) is 3.59. The number of hydrogen-bond acceptors (Lipinski definition) is 3. The molecule has 2 nitrogen and oxygen atoms in total. The molecule has 0 radical (unpaired) electrons. The number of carbonyl (C=O) groups is 1. The molecule has 13 heavy (non-hydrogen) atoms. The summed E-state index contributed by atoms with van der Waals surface area (Å²) in [7, 11) is 0. The number of rotatable bonds is 5. The zero-order valence-electron chi connectivity index (χ0n) is 7.69. The number of unbranched alkanes of at least 4 members (excludes halogenated alkanes) is 1. The molecule has 0 unspecified atom stereocenters. The minimum atomic E-state index is 0.639. The predicted molar refractivity (Wildman–Crippen MR) is 55.3 cm³/mol. The number of hydrogen-bond donors (Lipinski definition) is 0. The van der Waals surface area contributed by atoms with Crippen LogP contribution in [0.4, 0.5) is 0 Å². The van der Waals surface area contributed by atoms with E-state index in [9.17, 15) is 4.79 Å². The average molecular weight is 195 g/mol. The van der Waals surface area contributed by atoms with Gasteiger partial charge in [0.25, 0.3) is 0 Å². The Kier molecular flexibility index (Phi) is 4.54. The van der Waals surface area contributed by atoms with Gasteiger partial charge in [0.2, 0.25) is 0 Å². The maximum absolute atomic E-state index is 10.3. The Morgan fingerprint density at radius 1 is 1.54 bits per heavy atom. The SMILES string of the molecule is CCCCSc1ccc(C=O)cn1. The molecular weight excluding hydrogens is 182 g/mol. The monoisotopic (exact) mass is 195 g/mol. The lowest BCUT2D eigenvalue weighted by Gasteiger charge is -1.98. The molecule has 70 valence electrons. The fourth-order valence-electron chi connectivity index (χ4n) is 0.868. The lowest BCUT2D eigenvalue weighted by molar-refractivity contribution is 0.112. The van der Waals surface area contributed by atoms with Crippen molar-refractivity contribution in [1.82, 2.24) is 4.98 Å². The molecule has 1 heterocycles. The summed E-state index contributed by atoms with van der Waals surface area (Å²) in [6.45, 7) is 2.17. The van der Waals surface area contributed by atoms with Crippen LogP contribution in [0.15, 0.2) is 23.4 Å². The summed E-state index contributed by atoms with van der Waals surface area (Å²) in [5.41, 5.74) is 0.639. The maximum atomic E-state index is 10.3. The van der Waals surface area contributed by atoms with Gasteiger partial charge in [-0.3, -0.25) is 4.79 Å². The van der Waals surface area contributed by atoms with Gasteiger partial charge in [-0.2, -0.15) is 0 Å². The molecule has 0 aliphatic carbocycles. The second-order valence-corrected chi connectivity index (χ2v) is 3.86. The molecule has 0 aliphatic rings. The first-order valence-corrected chi connectivity index (χ1v) is 5.39. The summed E-state index contributed by atoms with van der Waals surface area (Å²) in [6, 6.07) is 3.69. The molecule has 0 aliphatic heterocycles. The van der Waals surface area contributed by atoms with Crippen molar-refractivity contribution in [2.45, 2.75) is 24.8 Å². The summed E-state index contributed by atoms with van der Waals surface area (Å²) in [5, 5.41) is 0.999. The van der Waals surface area contributed by atoms with E-state index in [2.05, 4.69) is 11.9 Å². The Morgan fingerprint density at radius 2 is 2.38 bits per heavy atom. The first kappa shape index (κ1) is 10.3. The third-order valence-corrected chi connectivity index (χ3v) is 2.67. The standard InChI is InChI=1S/C10H13NOS/c1-2-3-6-13-10-5-4-9(8-12)7-11-10/h4-5,7-8H,2-3,6H2,1H3. The van der Waals surface area contributed by atoms with E-state index in [1.807, 2.05) is 6.07 Å². The molecule has 0 spiro atoms. The van der Waals surface area contributed by atoms with E-state index in [1.165, 1.54) is 12.8 Å². The molecule has 1 aromatic rings. The highest BCUT2D eigenvalue weighted by Crippen LogP contribution is 2.16. The Labute approximate surface area is 82.8 Å². The molecule has 0 atom stereocenters. The summed E-state index contributed by atoms with van der Waals surface area (Å²) in [4.78, 5) is 14.5. The van der Waals surface area contributed by atoms with Gasteiger partial charge in [-0.05, 0) is 24.3 Å². The minimum absolute atomic E-state index is 0.639. The van der Waals surface area contributed by atoms with Crippen LogP contribution in [0, 0.1) is 0 Å². The predicted octanol–water partition coefficient (Wildman–Crippen LogP) is 2.79. The Morgan fingerprint density at radius 3 is 2.92 bits per heavy atom. The smallest absolute Gasteiger partial charge is 0.151 e. The molecule has 0 amide bonds. The van der Waals surface area contributed by atoms with Gasteiger partial charge in [-0.15, -0.1) is 11.8 Å². The van der Waals surface area contributed by atoms with Crippen LogP contribution < -0.4 is 0 Å². The van der Waals surface area contributed by atoms with Crippen molar-refractivity contribution in [3.05, 3.63) is 23.9 Å². The lowest BCUT2D eigenvalue weighted by atomic mass is 10.3. The normalized spacial score (nSPS) is 9.92. The van der Waals surface area contributed by atoms with E-state index in [0.717, 1.165) is 17.1 Å².